The number of rotatable bonds is 7. The summed E-state index contributed by atoms with van der Waals surface area (Å²) in [5, 5.41) is 0. The molecule has 5 aromatic carbocycles. The zero-order valence-corrected chi connectivity index (χ0v) is 26.9. The molecule has 0 aliphatic rings. The summed E-state index contributed by atoms with van der Waals surface area (Å²) in [5.74, 6) is 1.86. The second-order valence-electron chi connectivity index (χ2n) is 11.9. The van der Waals surface area contributed by atoms with Gasteiger partial charge in [-0.2, -0.15) is 0 Å². The van der Waals surface area contributed by atoms with Crippen LogP contribution in [0.1, 0.15) is 5.69 Å². The van der Waals surface area contributed by atoms with E-state index in [0.717, 1.165) is 61.5 Å². The quantitative estimate of drug-likeness (QED) is 0.175. The van der Waals surface area contributed by atoms with Gasteiger partial charge < -0.3 is 0 Å². The molecule has 3 heterocycles. The van der Waals surface area contributed by atoms with Crippen molar-refractivity contribution in [1.82, 2.24) is 24.9 Å². The van der Waals surface area contributed by atoms with E-state index < -0.39 is 0 Å². The highest BCUT2D eigenvalue weighted by atomic mass is 15.0. The molecule has 49 heavy (non-hydrogen) atoms. The Morgan fingerprint density at radius 2 is 0.776 bits per heavy atom. The summed E-state index contributed by atoms with van der Waals surface area (Å²) in [7, 11) is 0. The maximum Gasteiger partial charge on any atom is 0.164 e. The summed E-state index contributed by atoms with van der Waals surface area (Å²) in [4.78, 5) is 24.2. The van der Waals surface area contributed by atoms with Crippen LogP contribution in [0, 0.1) is 6.92 Å². The third kappa shape index (κ3) is 6.51. The predicted octanol–water partition coefficient (Wildman–Crippen LogP) is 10.6. The van der Waals surface area contributed by atoms with Crippen molar-refractivity contribution in [3.8, 4) is 78.8 Å². The van der Waals surface area contributed by atoms with Crippen LogP contribution in [-0.2, 0) is 0 Å². The molecular weight excluding hydrogens is 599 g/mol. The topological polar surface area (TPSA) is 64.5 Å². The fourth-order valence-corrected chi connectivity index (χ4v) is 6.01. The van der Waals surface area contributed by atoms with Crippen molar-refractivity contribution in [2.24, 2.45) is 0 Å². The molecule has 0 saturated heterocycles. The number of aryl methyl sites for hydroxylation is 1. The lowest BCUT2D eigenvalue weighted by atomic mass is 9.95. The standard InChI is InChI=1S/C44H31N5/c1-30-24-37(31-12-5-2-6-13-31)28-41(46-30)33-21-19-32(20-22-33)38-25-39(36-18-11-23-45-29-36)27-40(26-38)44-48-42(34-14-7-3-8-15-34)47-43(49-44)35-16-9-4-10-17-35/h2-29H,1H3. The van der Waals surface area contributed by atoms with Gasteiger partial charge in [-0.3, -0.25) is 9.97 Å². The van der Waals surface area contributed by atoms with E-state index >= 15 is 0 Å². The highest BCUT2D eigenvalue weighted by Gasteiger charge is 2.15. The van der Waals surface area contributed by atoms with E-state index in [0.29, 0.717) is 17.5 Å². The molecule has 0 spiro atoms. The Morgan fingerprint density at radius 1 is 0.327 bits per heavy atom. The fourth-order valence-electron chi connectivity index (χ4n) is 6.01. The van der Waals surface area contributed by atoms with Crippen LogP contribution in [0.3, 0.4) is 0 Å². The number of benzene rings is 5. The van der Waals surface area contributed by atoms with Gasteiger partial charge in [0.15, 0.2) is 17.5 Å². The Balaban J connectivity index is 1.24. The highest BCUT2D eigenvalue weighted by Crippen LogP contribution is 2.34. The molecule has 8 aromatic rings. The lowest BCUT2D eigenvalue weighted by Gasteiger charge is -2.13. The second-order valence-corrected chi connectivity index (χ2v) is 11.9. The van der Waals surface area contributed by atoms with Crippen LogP contribution in [0.25, 0.3) is 78.8 Å². The Kier molecular flexibility index (Phi) is 8.06. The monoisotopic (exact) mass is 629 g/mol. The highest BCUT2D eigenvalue weighted by molar-refractivity contribution is 5.81. The Bertz CT molecular complexity index is 2300. The first kappa shape index (κ1) is 29.8. The van der Waals surface area contributed by atoms with Crippen molar-refractivity contribution in [1.29, 1.82) is 0 Å². The minimum Gasteiger partial charge on any atom is -0.264 e. The molecule has 0 aliphatic carbocycles. The molecule has 0 unspecified atom stereocenters. The second kappa shape index (κ2) is 13.3. The Labute approximate surface area is 285 Å². The SMILES string of the molecule is Cc1cc(-c2ccccc2)cc(-c2ccc(-c3cc(-c4cccnc4)cc(-c4nc(-c5ccccc5)nc(-c5ccccc5)n4)c3)cc2)n1. The number of hydrogen-bond acceptors (Lipinski definition) is 5. The molecule has 0 amide bonds. The van der Waals surface area contributed by atoms with Crippen LogP contribution in [0.2, 0.25) is 0 Å². The summed E-state index contributed by atoms with van der Waals surface area (Å²) in [6, 6.07) is 54.0. The maximum atomic E-state index is 5.02. The maximum absolute atomic E-state index is 5.02. The molecule has 0 fully saturated rings. The molecular formula is C44H31N5. The summed E-state index contributed by atoms with van der Waals surface area (Å²) < 4.78 is 0. The molecule has 0 aliphatic heterocycles. The van der Waals surface area contributed by atoms with E-state index in [1.165, 1.54) is 5.56 Å². The van der Waals surface area contributed by atoms with Gasteiger partial charge in [-0.25, -0.2) is 15.0 Å². The van der Waals surface area contributed by atoms with Crippen molar-refractivity contribution < 1.29 is 0 Å². The lowest BCUT2D eigenvalue weighted by Crippen LogP contribution is -2.00. The summed E-state index contributed by atoms with van der Waals surface area (Å²) in [5.41, 5.74) is 12.2. The molecule has 5 heteroatoms. The summed E-state index contributed by atoms with van der Waals surface area (Å²) >= 11 is 0. The smallest absolute Gasteiger partial charge is 0.164 e. The van der Waals surface area contributed by atoms with E-state index in [1.807, 2.05) is 85.9 Å². The third-order valence-electron chi connectivity index (χ3n) is 8.46. The van der Waals surface area contributed by atoms with Crippen LogP contribution in [-0.4, -0.2) is 24.9 Å². The van der Waals surface area contributed by atoms with Crippen LogP contribution in [0.15, 0.2) is 170 Å². The van der Waals surface area contributed by atoms with E-state index in [9.17, 15) is 0 Å². The Hall–Kier alpha value is -6.59. The van der Waals surface area contributed by atoms with E-state index in [1.54, 1.807) is 6.20 Å². The summed E-state index contributed by atoms with van der Waals surface area (Å²) in [6.45, 7) is 2.05. The number of pyridine rings is 2. The number of hydrogen-bond donors (Lipinski definition) is 0. The van der Waals surface area contributed by atoms with E-state index in [-0.39, 0.29) is 0 Å². The van der Waals surface area contributed by atoms with Crippen molar-refractivity contribution in [3.63, 3.8) is 0 Å². The normalized spacial score (nSPS) is 11.0. The molecule has 0 saturated carbocycles. The third-order valence-corrected chi connectivity index (χ3v) is 8.46. The average Bonchev–Trinajstić information content (AvgIpc) is 3.19. The Morgan fingerprint density at radius 3 is 1.35 bits per heavy atom. The molecule has 0 radical (unpaired) electrons. The summed E-state index contributed by atoms with van der Waals surface area (Å²) in [6.07, 6.45) is 3.68. The molecule has 0 N–H and O–H groups in total. The average molecular weight is 630 g/mol. The van der Waals surface area contributed by atoms with Crippen LogP contribution in [0.4, 0.5) is 0 Å². The van der Waals surface area contributed by atoms with Gasteiger partial charge in [-0.05, 0) is 71.1 Å². The van der Waals surface area contributed by atoms with Gasteiger partial charge >= 0.3 is 0 Å². The van der Waals surface area contributed by atoms with E-state index in [4.69, 9.17) is 19.9 Å². The first-order chi connectivity index (χ1) is 24.2. The van der Waals surface area contributed by atoms with Crippen LogP contribution < -0.4 is 0 Å². The van der Waals surface area contributed by atoms with Crippen LogP contribution in [0.5, 0.6) is 0 Å². The van der Waals surface area contributed by atoms with Gasteiger partial charge in [0.05, 0.1) is 5.69 Å². The molecule has 5 nitrogen and oxygen atoms in total. The van der Waals surface area contributed by atoms with Crippen molar-refractivity contribution in [2.45, 2.75) is 6.92 Å². The van der Waals surface area contributed by atoms with Crippen molar-refractivity contribution in [3.05, 3.63) is 176 Å². The van der Waals surface area contributed by atoms with Crippen molar-refractivity contribution >= 4 is 0 Å². The molecule has 0 atom stereocenters. The van der Waals surface area contributed by atoms with Gasteiger partial charge in [0, 0.05) is 45.9 Å². The number of aromatic nitrogens is 5. The lowest BCUT2D eigenvalue weighted by molar-refractivity contribution is 1.07. The van der Waals surface area contributed by atoms with Gasteiger partial charge in [0.1, 0.15) is 0 Å². The first-order valence-corrected chi connectivity index (χ1v) is 16.2. The minimum atomic E-state index is 0.605. The van der Waals surface area contributed by atoms with Crippen LogP contribution >= 0.6 is 0 Å². The number of nitrogens with zero attached hydrogens (tertiary/aromatic N) is 5. The van der Waals surface area contributed by atoms with Gasteiger partial charge in [-0.15, -0.1) is 0 Å². The minimum absolute atomic E-state index is 0.605. The molecule has 8 rings (SSSR count). The molecule has 3 aromatic heterocycles. The van der Waals surface area contributed by atoms with Gasteiger partial charge in [0.2, 0.25) is 0 Å². The fraction of sp³-hybridized carbons (Fsp3) is 0.0227. The zero-order valence-electron chi connectivity index (χ0n) is 26.9. The van der Waals surface area contributed by atoms with Gasteiger partial charge in [0.25, 0.3) is 0 Å². The van der Waals surface area contributed by atoms with Gasteiger partial charge in [-0.1, -0.05) is 121 Å². The largest absolute Gasteiger partial charge is 0.264 e. The molecule has 232 valence electrons. The predicted molar refractivity (Wildman–Crippen MR) is 198 cm³/mol. The zero-order chi connectivity index (χ0) is 33.0. The van der Waals surface area contributed by atoms with E-state index in [2.05, 4.69) is 89.9 Å². The van der Waals surface area contributed by atoms with Crippen molar-refractivity contribution in [2.75, 3.05) is 0 Å². The first-order valence-electron chi connectivity index (χ1n) is 16.2. The molecule has 0 bridgehead atoms.